The van der Waals surface area contributed by atoms with Gasteiger partial charge in [-0.05, 0) is 23.8 Å². The zero-order valence-electron chi connectivity index (χ0n) is 14.2. The van der Waals surface area contributed by atoms with Gasteiger partial charge >= 0.3 is 0 Å². The SMILES string of the molecule is [CH3][Al]([CH3])[CH3].c1ccc(P(c2ccccc2)c2ccccc2)cc1. The van der Waals surface area contributed by atoms with E-state index in [-0.39, 0.29) is 14.1 Å². The molecule has 0 aromatic heterocycles. The molecular weight excluding hydrogens is 310 g/mol. The number of hydrogen-bond acceptors (Lipinski definition) is 0. The molecule has 3 aromatic rings. The van der Waals surface area contributed by atoms with Crippen LogP contribution in [0.15, 0.2) is 91.0 Å². The summed E-state index contributed by atoms with van der Waals surface area (Å²) in [7, 11) is -0.446. The van der Waals surface area contributed by atoms with Crippen molar-refractivity contribution in [3.05, 3.63) is 91.0 Å². The molecule has 0 atom stereocenters. The van der Waals surface area contributed by atoms with E-state index in [0.29, 0.717) is 0 Å². The Morgan fingerprint density at radius 3 is 0.913 bits per heavy atom. The van der Waals surface area contributed by atoms with Gasteiger partial charge in [-0.15, -0.1) is 17.4 Å². The highest BCUT2D eigenvalue weighted by Crippen LogP contribution is 2.32. The summed E-state index contributed by atoms with van der Waals surface area (Å²) in [6, 6.07) is 32.3. The van der Waals surface area contributed by atoms with Crippen LogP contribution in [0.2, 0.25) is 17.4 Å². The smallest absolute Gasteiger partial charge is 0.106 e. The quantitative estimate of drug-likeness (QED) is 0.476. The third-order valence-electron chi connectivity index (χ3n) is 3.04. The number of benzene rings is 3. The normalized spacial score (nSPS) is 9.91. The summed E-state index contributed by atoms with van der Waals surface area (Å²) >= 11 is -0.139. The lowest BCUT2D eigenvalue weighted by Crippen LogP contribution is -2.20. The Morgan fingerprint density at radius 1 is 0.478 bits per heavy atom. The Bertz CT molecular complexity index is 569. The lowest BCUT2D eigenvalue weighted by Gasteiger charge is -2.18. The van der Waals surface area contributed by atoms with Crippen molar-refractivity contribution in [1.82, 2.24) is 0 Å². The second kappa shape index (κ2) is 9.69. The first-order valence-electron chi connectivity index (χ1n) is 8.13. The predicted octanol–water partition coefficient (Wildman–Crippen LogP) is 4.82. The van der Waals surface area contributed by atoms with Gasteiger partial charge in [0, 0.05) is 0 Å². The summed E-state index contributed by atoms with van der Waals surface area (Å²) < 4.78 is 0. The van der Waals surface area contributed by atoms with Crippen molar-refractivity contribution in [3.63, 3.8) is 0 Å². The highest BCUT2D eigenvalue weighted by atomic mass is 31.1. The van der Waals surface area contributed by atoms with Crippen LogP contribution in [0, 0.1) is 0 Å². The average Bonchev–Trinajstić information content (AvgIpc) is 2.58. The van der Waals surface area contributed by atoms with Gasteiger partial charge < -0.3 is 0 Å². The summed E-state index contributed by atoms with van der Waals surface area (Å²) in [5.74, 6) is 6.92. The molecule has 0 aliphatic rings. The lowest BCUT2D eigenvalue weighted by atomic mass is 10.4. The van der Waals surface area contributed by atoms with Crippen LogP contribution < -0.4 is 15.9 Å². The largest absolute Gasteiger partial charge is 0.251 e. The Hall–Kier alpha value is -1.38. The van der Waals surface area contributed by atoms with Gasteiger partial charge in [0.1, 0.15) is 0 Å². The van der Waals surface area contributed by atoms with Crippen LogP contribution in [-0.2, 0) is 0 Å². The summed E-state index contributed by atoms with van der Waals surface area (Å²) in [6.07, 6.45) is 0. The molecule has 0 fully saturated rings. The molecule has 23 heavy (non-hydrogen) atoms. The van der Waals surface area contributed by atoms with E-state index in [0.717, 1.165) is 0 Å². The topological polar surface area (TPSA) is 0 Å². The van der Waals surface area contributed by atoms with Crippen molar-refractivity contribution < 1.29 is 0 Å². The van der Waals surface area contributed by atoms with E-state index in [2.05, 4.69) is 108 Å². The molecular formula is C21H24AlP. The molecule has 0 saturated carbocycles. The zero-order valence-corrected chi connectivity index (χ0v) is 16.2. The molecule has 3 aromatic carbocycles. The molecule has 116 valence electrons. The number of hydrogen-bond donors (Lipinski definition) is 0. The third kappa shape index (κ3) is 5.97. The first kappa shape index (κ1) is 18.0. The van der Waals surface area contributed by atoms with Crippen LogP contribution in [0.4, 0.5) is 0 Å². The van der Waals surface area contributed by atoms with Crippen molar-refractivity contribution in [2.75, 3.05) is 0 Å². The van der Waals surface area contributed by atoms with E-state index in [1.54, 1.807) is 0 Å². The van der Waals surface area contributed by atoms with Gasteiger partial charge in [-0.1, -0.05) is 91.0 Å². The molecule has 2 heteroatoms. The fraction of sp³-hybridized carbons (Fsp3) is 0.143. The fourth-order valence-electron chi connectivity index (χ4n) is 2.18. The molecule has 0 bridgehead atoms. The maximum Gasteiger partial charge on any atom is 0.251 e. The van der Waals surface area contributed by atoms with Crippen LogP contribution in [0.3, 0.4) is 0 Å². The molecule has 3 rings (SSSR count). The van der Waals surface area contributed by atoms with Crippen molar-refractivity contribution >= 4 is 38.0 Å². The van der Waals surface area contributed by atoms with Gasteiger partial charge in [0.15, 0.2) is 0 Å². The molecule has 0 unspecified atom stereocenters. The van der Waals surface area contributed by atoms with Crippen LogP contribution in [0.5, 0.6) is 0 Å². The van der Waals surface area contributed by atoms with Gasteiger partial charge in [-0.25, -0.2) is 0 Å². The van der Waals surface area contributed by atoms with Crippen LogP contribution in [0.25, 0.3) is 0 Å². The van der Waals surface area contributed by atoms with Crippen molar-refractivity contribution in [3.8, 4) is 0 Å². The molecule has 0 aliphatic heterocycles. The zero-order chi connectivity index (χ0) is 16.5. The van der Waals surface area contributed by atoms with Gasteiger partial charge in [-0.2, -0.15) is 0 Å². The average molecular weight is 334 g/mol. The standard InChI is InChI=1S/C18H15P.3CH3.Al/c1-4-10-16(11-5-1)19(17-12-6-2-7-13-17)18-14-8-3-9-15-18;;;;/h1-15H;3*1H3;. The Balaban J connectivity index is 0.000000433. The third-order valence-corrected chi connectivity index (χ3v) is 5.49. The Morgan fingerprint density at radius 2 is 0.696 bits per heavy atom. The van der Waals surface area contributed by atoms with Gasteiger partial charge in [-0.3, -0.25) is 0 Å². The summed E-state index contributed by atoms with van der Waals surface area (Å²) in [6.45, 7) is 0. The summed E-state index contributed by atoms with van der Waals surface area (Å²) in [5, 5.41) is 4.19. The molecule has 0 aliphatic carbocycles. The summed E-state index contributed by atoms with van der Waals surface area (Å²) in [5.41, 5.74) is 0. The van der Waals surface area contributed by atoms with Crippen LogP contribution >= 0.6 is 7.92 Å². The molecule has 0 saturated heterocycles. The summed E-state index contributed by atoms with van der Waals surface area (Å²) in [4.78, 5) is 0. The fourth-order valence-corrected chi connectivity index (χ4v) is 4.48. The molecule has 0 spiro atoms. The van der Waals surface area contributed by atoms with E-state index in [1.807, 2.05) is 0 Å². The van der Waals surface area contributed by atoms with Crippen LogP contribution in [-0.4, -0.2) is 14.1 Å². The Kier molecular flexibility index (Phi) is 7.57. The van der Waals surface area contributed by atoms with Gasteiger partial charge in [0.05, 0.1) is 0 Å². The van der Waals surface area contributed by atoms with E-state index >= 15 is 0 Å². The van der Waals surface area contributed by atoms with E-state index < -0.39 is 7.92 Å². The van der Waals surface area contributed by atoms with Gasteiger partial charge in [0.25, 0.3) is 14.1 Å². The van der Waals surface area contributed by atoms with E-state index in [1.165, 1.54) is 15.9 Å². The number of rotatable bonds is 3. The lowest BCUT2D eigenvalue weighted by molar-refractivity contribution is 1.74. The molecule has 0 N–H and O–H groups in total. The van der Waals surface area contributed by atoms with Crippen molar-refractivity contribution in [2.24, 2.45) is 0 Å². The van der Waals surface area contributed by atoms with Crippen molar-refractivity contribution in [2.45, 2.75) is 17.4 Å². The highest BCUT2D eigenvalue weighted by molar-refractivity contribution is 7.79. The maximum atomic E-state index is 2.31. The molecule has 0 nitrogen and oxygen atoms in total. The first-order valence-corrected chi connectivity index (χ1v) is 12.9. The van der Waals surface area contributed by atoms with E-state index in [9.17, 15) is 0 Å². The Labute approximate surface area is 146 Å². The van der Waals surface area contributed by atoms with E-state index in [4.69, 9.17) is 0 Å². The first-order chi connectivity index (χ1) is 11.2. The minimum Gasteiger partial charge on any atom is -0.106 e. The monoisotopic (exact) mass is 334 g/mol. The van der Waals surface area contributed by atoms with Crippen LogP contribution in [0.1, 0.15) is 0 Å². The highest BCUT2D eigenvalue weighted by Gasteiger charge is 2.14. The molecule has 0 radical (unpaired) electrons. The minimum absolute atomic E-state index is 0.139. The second-order valence-corrected chi connectivity index (χ2v) is 11.8. The van der Waals surface area contributed by atoms with Crippen molar-refractivity contribution in [1.29, 1.82) is 0 Å². The minimum atomic E-state index is -0.446. The maximum absolute atomic E-state index is 2.31. The molecule has 0 heterocycles. The second-order valence-electron chi connectivity index (χ2n) is 6.07. The predicted molar refractivity (Wildman–Crippen MR) is 108 cm³/mol. The van der Waals surface area contributed by atoms with Gasteiger partial charge in [0.2, 0.25) is 0 Å². The molecule has 0 amide bonds.